The third-order valence-corrected chi connectivity index (χ3v) is 1.63. The van der Waals surface area contributed by atoms with Crippen molar-refractivity contribution in [2.75, 3.05) is 13.1 Å². The molecule has 0 aliphatic carbocycles. The van der Waals surface area contributed by atoms with Gasteiger partial charge >= 0.3 is 0 Å². The van der Waals surface area contributed by atoms with Crippen molar-refractivity contribution in [3.8, 4) is 0 Å². The van der Waals surface area contributed by atoms with Crippen molar-refractivity contribution in [2.24, 2.45) is 0 Å². The lowest BCUT2D eigenvalue weighted by atomic mass is 10.1. The molecule has 0 N–H and O–H groups in total. The maximum Gasteiger partial charge on any atom is 0.243 e. The lowest BCUT2D eigenvalue weighted by Crippen LogP contribution is -2.47. The normalized spacial score (nSPS) is 21.0. The lowest BCUT2D eigenvalue weighted by Gasteiger charge is -2.34. The van der Waals surface area contributed by atoms with Gasteiger partial charge in [0, 0.05) is 13.1 Å². The number of ether oxygens (including phenoxy) is 1. The Morgan fingerprint density at radius 2 is 2.33 bits per heavy atom. The van der Waals surface area contributed by atoms with Crippen LogP contribution in [0.1, 0.15) is 0 Å². The van der Waals surface area contributed by atoms with E-state index in [9.17, 15) is 4.79 Å². The molecule has 1 atom stereocenters. The minimum Gasteiger partial charge on any atom is -0.468 e. The summed E-state index contributed by atoms with van der Waals surface area (Å²) in [5, 5.41) is 0. The van der Waals surface area contributed by atoms with Crippen LogP contribution in [0, 0.1) is 0 Å². The molecule has 1 rings (SSSR count). The van der Waals surface area contributed by atoms with Crippen LogP contribution in [0.5, 0.6) is 0 Å². The fraction of sp³-hybridized carbons (Fsp3) is 0.750. The number of nitrogens with zero attached hydrogens (tertiary/aromatic N) is 1. The van der Waals surface area contributed by atoms with Gasteiger partial charge in [-0.1, -0.05) is 9.39 Å². The summed E-state index contributed by atoms with van der Waals surface area (Å²) in [6.07, 6.45) is 0.139. The predicted octanol–water partition coefficient (Wildman–Crippen LogP) is -0.770. The zero-order valence-electron chi connectivity index (χ0n) is 5.33. The largest absolute Gasteiger partial charge is 0.468 e. The smallest absolute Gasteiger partial charge is 0.243 e. The number of hydrogen-bond acceptors (Lipinski definition) is 3. The summed E-state index contributed by atoms with van der Waals surface area (Å²) in [5.41, 5.74) is 0. The van der Waals surface area contributed by atoms with E-state index in [1.54, 1.807) is 0 Å². The number of carbonyl (C=O) groups is 1. The van der Waals surface area contributed by atoms with E-state index in [2.05, 4.69) is 9.39 Å². The molecule has 0 saturated carbocycles. The van der Waals surface area contributed by atoms with E-state index in [-0.39, 0.29) is 12.0 Å². The molecule has 0 aromatic carbocycles. The first kappa shape index (κ1) is 7.04. The second kappa shape index (κ2) is 2.67. The van der Waals surface area contributed by atoms with Gasteiger partial charge in [-0.15, -0.1) is 0 Å². The van der Waals surface area contributed by atoms with Gasteiger partial charge in [-0.05, 0) is 0 Å². The molecule has 50 valence electrons. The quantitative estimate of drug-likeness (QED) is 0.358. The molecule has 0 spiro atoms. The SMILES string of the molecule is BC(=O)OC1CN(P)C1. The zero-order valence-corrected chi connectivity index (χ0v) is 6.49. The van der Waals surface area contributed by atoms with Crippen LogP contribution in [-0.4, -0.2) is 37.6 Å². The van der Waals surface area contributed by atoms with Gasteiger partial charge in [0.05, 0.1) is 0 Å². The molecule has 0 bridgehead atoms. The van der Waals surface area contributed by atoms with E-state index in [0.717, 1.165) is 13.1 Å². The van der Waals surface area contributed by atoms with Gasteiger partial charge in [0.2, 0.25) is 13.7 Å². The average molecular weight is 145 g/mol. The number of hydrogen-bond donors (Lipinski definition) is 0. The molecular weight excluding hydrogens is 136 g/mol. The van der Waals surface area contributed by atoms with Gasteiger partial charge in [-0.2, -0.15) is 0 Å². The zero-order chi connectivity index (χ0) is 6.85. The first-order valence-electron chi connectivity index (χ1n) is 2.85. The van der Waals surface area contributed by atoms with Crippen LogP contribution in [0.3, 0.4) is 0 Å². The molecule has 3 nitrogen and oxygen atoms in total. The second-order valence-electron chi connectivity index (χ2n) is 2.19. The lowest BCUT2D eigenvalue weighted by molar-refractivity contribution is 0.0456. The van der Waals surface area contributed by atoms with Gasteiger partial charge in [-0.25, -0.2) is 0 Å². The van der Waals surface area contributed by atoms with Crippen LogP contribution >= 0.6 is 9.39 Å². The van der Waals surface area contributed by atoms with Crippen LogP contribution in [0.25, 0.3) is 0 Å². The highest BCUT2D eigenvalue weighted by Crippen LogP contribution is 2.15. The second-order valence-corrected chi connectivity index (χ2v) is 2.92. The van der Waals surface area contributed by atoms with E-state index in [0.29, 0.717) is 0 Å². The van der Waals surface area contributed by atoms with Crippen LogP contribution < -0.4 is 0 Å². The maximum atomic E-state index is 10.3. The summed E-state index contributed by atoms with van der Waals surface area (Å²) in [4.78, 5) is 10.3. The monoisotopic (exact) mass is 145 g/mol. The van der Waals surface area contributed by atoms with Crippen molar-refractivity contribution >= 4 is 23.1 Å². The first-order chi connectivity index (χ1) is 4.18. The Morgan fingerprint density at radius 3 is 2.67 bits per heavy atom. The van der Waals surface area contributed by atoms with E-state index in [1.165, 1.54) is 7.85 Å². The standard InChI is InChI=1S/C4H9BNO2P/c5-4(7)8-3-1-6(9)2-3/h3H,1-2,5,9H2. The predicted molar refractivity (Wildman–Crippen MR) is 40.1 cm³/mol. The minimum atomic E-state index is -0.182. The Labute approximate surface area is 57.4 Å². The summed E-state index contributed by atoms with van der Waals surface area (Å²) < 4.78 is 6.88. The van der Waals surface area contributed by atoms with Crippen molar-refractivity contribution < 1.29 is 9.53 Å². The Bertz CT molecular complexity index is 126. The molecule has 1 aliphatic heterocycles. The molecule has 0 radical (unpaired) electrons. The van der Waals surface area contributed by atoms with Gasteiger partial charge in [-0.3, -0.25) is 9.46 Å². The molecule has 0 amide bonds. The van der Waals surface area contributed by atoms with Crippen molar-refractivity contribution in [1.82, 2.24) is 4.67 Å². The van der Waals surface area contributed by atoms with Crippen LogP contribution in [-0.2, 0) is 4.74 Å². The van der Waals surface area contributed by atoms with Gasteiger partial charge in [0.25, 0.3) is 0 Å². The summed E-state index contributed by atoms with van der Waals surface area (Å²) in [7, 11) is 3.98. The highest BCUT2D eigenvalue weighted by Gasteiger charge is 2.25. The van der Waals surface area contributed by atoms with E-state index >= 15 is 0 Å². The highest BCUT2D eigenvalue weighted by molar-refractivity contribution is 7.13. The van der Waals surface area contributed by atoms with Crippen molar-refractivity contribution in [3.05, 3.63) is 0 Å². The van der Waals surface area contributed by atoms with Gasteiger partial charge < -0.3 is 4.74 Å². The summed E-state index contributed by atoms with van der Waals surface area (Å²) in [5.74, 6) is -0.182. The van der Waals surface area contributed by atoms with E-state index in [1.807, 2.05) is 4.67 Å². The minimum absolute atomic E-state index is 0.139. The number of carbonyl (C=O) groups excluding carboxylic acids is 1. The molecule has 5 heteroatoms. The topological polar surface area (TPSA) is 29.5 Å². The molecule has 0 aromatic heterocycles. The average Bonchev–Trinajstić information content (AvgIpc) is 1.60. The van der Waals surface area contributed by atoms with Crippen molar-refractivity contribution in [1.29, 1.82) is 0 Å². The molecule has 1 saturated heterocycles. The summed E-state index contributed by atoms with van der Waals surface area (Å²) in [6, 6.07) is 0. The van der Waals surface area contributed by atoms with Crippen LogP contribution in [0.2, 0.25) is 0 Å². The molecule has 0 aromatic rings. The van der Waals surface area contributed by atoms with Gasteiger partial charge in [0.1, 0.15) is 6.10 Å². The van der Waals surface area contributed by atoms with Crippen molar-refractivity contribution in [2.45, 2.75) is 6.10 Å². The fourth-order valence-corrected chi connectivity index (χ4v) is 1.25. The maximum absolute atomic E-state index is 10.3. The fourth-order valence-electron chi connectivity index (χ4n) is 0.779. The molecule has 1 unspecified atom stereocenters. The third-order valence-electron chi connectivity index (χ3n) is 1.21. The van der Waals surface area contributed by atoms with E-state index < -0.39 is 0 Å². The molecule has 9 heavy (non-hydrogen) atoms. The van der Waals surface area contributed by atoms with Crippen LogP contribution in [0.4, 0.5) is 4.79 Å². The Kier molecular flexibility index (Phi) is 2.09. The van der Waals surface area contributed by atoms with Crippen molar-refractivity contribution in [3.63, 3.8) is 0 Å². The Balaban J connectivity index is 2.11. The molecule has 1 heterocycles. The molecular formula is C4H9BNO2P. The van der Waals surface area contributed by atoms with E-state index in [4.69, 9.17) is 4.74 Å². The van der Waals surface area contributed by atoms with Crippen LogP contribution in [0.15, 0.2) is 0 Å². The highest BCUT2D eigenvalue weighted by atomic mass is 31.0. The first-order valence-corrected chi connectivity index (χ1v) is 3.37. The molecule has 1 fully saturated rings. The Hall–Kier alpha value is -0.0751. The molecule has 1 aliphatic rings. The third kappa shape index (κ3) is 1.96. The summed E-state index contributed by atoms with van der Waals surface area (Å²) >= 11 is 0. The Morgan fingerprint density at radius 1 is 1.78 bits per heavy atom. The van der Waals surface area contributed by atoms with Gasteiger partial charge in [0.15, 0.2) is 0 Å². The summed E-state index contributed by atoms with van der Waals surface area (Å²) in [6.45, 7) is 1.70. The number of rotatable bonds is 1.